The summed E-state index contributed by atoms with van der Waals surface area (Å²) < 4.78 is 4.88. The molecule has 6 nitrogen and oxygen atoms in total. The molecule has 1 aromatic heterocycles. The molecule has 2 rings (SSSR count). The van der Waals surface area contributed by atoms with E-state index < -0.39 is 4.92 Å². The summed E-state index contributed by atoms with van der Waals surface area (Å²) in [5.74, 6) is -0.0875. The Morgan fingerprint density at radius 2 is 2.64 bits per heavy atom. The van der Waals surface area contributed by atoms with Crippen LogP contribution in [0.5, 0.6) is 0 Å². The number of H-pyrrole nitrogens is 1. The summed E-state index contributed by atoms with van der Waals surface area (Å²) in [5, 5.41) is 16.2. The number of aromatic nitrogens is 2. The van der Waals surface area contributed by atoms with Crippen molar-refractivity contribution in [2.24, 2.45) is 0 Å². The fourth-order valence-electron chi connectivity index (χ4n) is 0.804. The Hall–Kier alpha value is -1.43. The van der Waals surface area contributed by atoms with Crippen molar-refractivity contribution >= 4 is 5.82 Å². The molecule has 6 heteroatoms. The molecule has 0 spiro atoms. The Labute approximate surface area is 61.3 Å². The highest BCUT2D eigenvalue weighted by atomic mass is 16.6. The van der Waals surface area contributed by atoms with Gasteiger partial charge in [0.2, 0.25) is 0 Å². The molecule has 58 valence electrons. The van der Waals surface area contributed by atoms with Gasteiger partial charge in [-0.3, -0.25) is 0 Å². The number of hydrogen-bond acceptors (Lipinski definition) is 4. The van der Waals surface area contributed by atoms with Crippen molar-refractivity contribution in [2.75, 3.05) is 6.61 Å². The molecule has 1 N–H and O–H groups in total. The van der Waals surface area contributed by atoms with E-state index in [1.807, 2.05) is 0 Å². The lowest BCUT2D eigenvalue weighted by molar-refractivity contribution is -0.389. The zero-order valence-electron chi connectivity index (χ0n) is 5.48. The highest BCUT2D eigenvalue weighted by Gasteiger charge is 2.29. The number of rotatable bonds is 2. The van der Waals surface area contributed by atoms with E-state index in [4.69, 9.17) is 4.74 Å². The van der Waals surface area contributed by atoms with Gasteiger partial charge in [-0.25, -0.2) is 0 Å². The molecule has 1 atom stereocenters. The van der Waals surface area contributed by atoms with E-state index >= 15 is 0 Å². The Morgan fingerprint density at radius 3 is 3.09 bits per heavy atom. The number of hydrogen-bond donors (Lipinski definition) is 1. The van der Waals surface area contributed by atoms with E-state index in [1.165, 1.54) is 6.07 Å². The van der Waals surface area contributed by atoms with Crippen molar-refractivity contribution in [1.82, 2.24) is 10.2 Å². The van der Waals surface area contributed by atoms with Crippen LogP contribution in [0.15, 0.2) is 6.07 Å². The third-order valence-corrected chi connectivity index (χ3v) is 1.44. The minimum absolute atomic E-state index is 0.0278. The van der Waals surface area contributed by atoms with Gasteiger partial charge in [-0.1, -0.05) is 5.10 Å². The number of nitrogens with zero attached hydrogens (tertiary/aromatic N) is 2. The second-order valence-corrected chi connectivity index (χ2v) is 2.26. The maximum atomic E-state index is 10.2. The number of epoxide rings is 1. The minimum Gasteiger partial charge on any atom is -0.366 e. The molecule has 0 bridgehead atoms. The van der Waals surface area contributed by atoms with Gasteiger partial charge in [0.15, 0.2) is 0 Å². The molecular weight excluding hydrogens is 150 g/mol. The largest absolute Gasteiger partial charge is 0.366 e. The van der Waals surface area contributed by atoms with Crippen LogP contribution in [-0.2, 0) is 4.74 Å². The van der Waals surface area contributed by atoms with Crippen LogP contribution in [0.2, 0.25) is 0 Å². The van der Waals surface area contributed by atoms with Crippen molar-refractivity contribution in [2.45, 2.75) is 6.10 Å². The molecule has 1 aromatic rings. The molecule has 0 saturated carbocycles. The molecule has 1 aliphatic heterocycles. The van der Waals surface area contributed by atoms with E-state index in [-0.39, 0.29) is 11.9 Å². The number of nitrogens with one attached hydrogen (secondary N) is 1. The zero-order valence-corrected chi connectivity index (χ0v) is 5.48. The number of ether oxygens (including phenoxy) is 1. The zero-order chi connectivity index (χ0) is 7.84. The quantitative estimate of drug-likeness (QED) is 0.380. The average Bonchev–Trinajstić information content (AvgIpc) is 2.68. The van der Waals surface area contributed by atoms with Gasteiger partial charge >= 0.3 is 5.82 Å². The lowest BCUT2D eigenvalue weighted by Crippen LogP contribution is -1.86. The van der Waals surface area contributed by atoms with Gasteiger partial charge in [0, 0.05) is 0 Å². The van der Waals surface area contributed by atoms with Crippen molar-refractivity contribution < 1.29 is 9.66 Å². The summed E-state index contributed by atoms with van der Waals surface area (Å²) >= 11 is 0. The summed E-state index contributed by atoms with van der Waals surface area (Å²) in [5.41, 5.74) is 0.608. The first kappa shape index (κ1) is 6.29. The van der Waals surface area contributed by atoms with Crippen LogP contribution in [0.4, 0.5) is 5.82 Å². The first-order chi connectivity index (χ1) is 5.27. The summed E-state index contributed by atoms with van der Waals surface area (Å²) in [6, 6.07) is 1.39. The predicted octanol–water partition coefficient (Wildman–Crippen LogP) is 0.389. The van der Waals surface area contributed by atoms with E-state index in [1.54, 1.807) is 0 Å². The maximum Gasteiger partial charge on any atom is 0.342 e. The molecular formula is C5H5N3O3. The first-order valence-electron chi connectivity index (χ1n) is 3.08. The van der Waals surface area contributed by atoms with Crippen molar-refractivity contribution in [3.8, 4) is 0 Å². The monoisotopic (exact) mass is 155 g/mol. The third kappa shape index (κ3) is 1.07. The van der Waals surface area contributed by atoms with E-state index in [0.29, 0.717) is 12.3 Å². The van der Waals surface area contributed by atoms with Crippen molar-refractivity contribution in [1.29, 1.82) is 0 Å². The van der Waals surface area contributed by atoms with Gasteiger partial charge in [0.05, 0.1) is 12.7 Å². The van der Waals surface area contributed by atoms with E-state index in [9.17, 15) is 10.1 Å². The topological polar surface area (TPSA) is 84.3 Å². The second kappa shape index (κ2) is 2.03. The highest BCUT2D eigenvalue weighted by molar-refractivity contribution is 5.23. The molecule has 1 aliphatic rings. The van der Waals surface area contributed by atoms with Gasteiger partial charge in [-0.05, 0) is 4.92 Å². The molecule has 0 unspecified atom stereocenters. The fraction of sp³-hybridized carbons (Fsp3) is 0.400. The Morgan fingerprint density at radius 1 is 1.91 bits per heavy atom. The van der Waals surface area contributed by atoms with Crippen molar-refractivity contribution in [3.63, 3.8) is 0 Å². The van der Waals surface area contributed by atoms with Crippen LogP contribution < -0.4 is 0 Å². The van der Waals surface area contributed by atoms with E-state index in [0.717, 1.165) is 0 Å². The van der Waals surface area contributed by atoms with Crippen LogP contribution in [0, 0.1) is 10.1 Å². The standard InChI is InChI=1S/C5H5N3O3/c9-8(10)5-1-3(6-7-5)4-2-11-4/h1,4H,2H2,(H,6,7)/t4-/m1/s1. The Bertz CT molecular complexity index is 291. The predicted molar refractivity (Wildman–Crippen MR) is 33.9 cm³/mol. The smallest absolute Gasteiger partial charge is 0.342 e. The van der Waals surface area contributed by atoms with Crippen LogP contribution in [0.3, 0.4) is 0 Å². The molecule has 0 radical (unpaired) electrons. The summed E-state index contributed by atoms with van der Waals surface area (Å²) in [4.78, 5) is 9.64. The van der Waals surface area contributed by atoms with Gasteiger partial charge in [-0.15, -0.1) is 5.10 Å². The average molecular weight is 155 g/mol. The van der Waals surface area contributed by atoms with Crippen LogP contribution in [0.25, 0.3) is 0 Å². The van der Waals surface area contributed by atoms with Gasteiger partial charge < -0.3 is 14.9 Å². The lowest BCUT2D eigenvalue weighted by Gasteiger charge is -1.83. The Balaban J connectivity index is 2.25. The van der Waals surface area contributed by atoms with E-state index in [2.05, 4.69) is 10.2 Å². The van der Waals surface area contributed by atoms with Crippen LogP contribution in [0.1, 0.15) is 11.8 Å². The fourth-order valence-corrected chi connectivity index (χ4v) is 0.804. The first-order valence-corrected chi connectivity index (χ1v) is 3.08. The van der Waals surface area contributed by atoms with Gasteiger partial charge in [0.25, 0.3) is 0 Å². The SMILES string of the molecule is O=[N+]([O-])c1cc([C@H]2CO2)n[nH]1. The molecule has 0 aromatic carbocycles. The number of nitro groups is 1. The molecule has 1 saturated heterocycles. The summed E-state index contributed by atoms with van der Waals surface area (Å²) in [7, 11) is 0. The molecule has 1 fully saturated rings. The summed E-state index contributed by atoms with van der Waals surface area (Å²) in [6.45, 7) is 0.613. The molecule has 2 heterocycles. The molecule has 11 heavy (non-hydrogen) atoms. The van der Waals surface area contributed by atoms with Gasteiger partial charge in [0.1, 0.15) is 11.8 Å². The molecule has 0 aliphatic carbocycles. The second-order valence-electron chi connectivity index (χ2n) is 2.26. The maximum absolute atomic E-state index is 10.2. The number of aromatic amines is 1. The Kier molecular flexibility index (Phi) is 1.16. The van der Waals surface area contributed by atoms with Crippen molar-refractivity contribution in [3.05, 3.63) is 21.9 Å². The normalized spacial score (nSPS) is 21.6. The van der Waals surface area contributed by atoms with Crippen LogP contribution in [-0.4, -0.2) is 21.7 Å². The van der Waals surface area contributed by atoms with Gasteiger partial charge in [-0.2, -0.15) is 0 Å². The molecule has 0 amide bonds. The third-order valence-electron chi connectivity index (χ3n) is 1.44. The minimum atomic E-state index is -0.515. The highest BCUT2D eigenvalue weighted by Crippen LogP contribution is 2.29. The van der Waals surface area contributed by atoms with Crippen LogP contribution >= 0.6 is 0 Å². The summed E-state index contributed by atoms with van der Waals surface area (Å²) in [6.07, 6.45) is -0.0278. The lowest BCUT2D eigenvalue weighted by atomic mass is 10.3.